The molecular formula is C19H22N2O4. The molecule has 1 saturated carbocycles. The van der Waals surface area contributed by atoms with E-state index in [-0.39, 0.29) is 18.1 Å². The quantitative estimate of drug-likeness (QED) is 0.795. The van der Waals surface area contributed by atoms with Crippen molar-refractivity contribution in [3.05, 3.63) is 53.2 Å². The predicted molar refractivity (Wildman–Crippen MR) is 91.3 cm³/mol. The van der Waals surface area contributed by atoms with Crippen molar-refractivity contribution >= 4 is 11.9 Å². The molecule has 0 atom stereocenters. The maximum absolute atomic E-state index is 12.9. The highest BCUT2D eigenvalue weighted by atomic mass is 16.4. The minimum Gasteiger partial charge on any atom is -0.481 e. The van der Waals surface area contributed by atoms with E-state index in [0.29, 0.717) is 37.0 Å². The molecule has 2 aromatic rings. The Balaban J connectivity index is 1.76. The third kappa shape index (κ3) is 4.47. The van der Waals surface area contributed by atoms with E-state index < -0.39 is 5.97 Å². The van der Waals surface area contributed by atoms with Gasteiger partial charge in [0.05, 0.1) is 5.69 Å². The summed E-state index contributed by atoms with van der Waals surface area (Å²) in [7, 11) is 0. The molecular weight excluding hydrogens is 320 g/mol. The fourth-order valence-electron chi connectivity index (χ4n) is 2.74. The number of carbonyl (C=O) groups is 2. The molecule has 1 aliphatic carbocycles. The van der Waals surface area contributed by atoms with E-state index in [1.165, 1.54) is 0 Å². The molecule has 1 fully saturated rings. The first kappa shape index (κ1) is 17.2. The van der Waals surface area contributed by atoms with Crippen LogP contribution in [0, 0.1) is 6.92 Å². The molecule has 1 aromatic heterocycles. The molecule has 0 saturated heterocycles. The van der Waals surface area contributed by atoms with Crippen molar-refractivity contribution < 1.29 is 19.1 Å². The summed E-state index contributed by atoms with van der Waals surface area (Å²) in [5.41, 5.74) is 1.59. The predicted octanol–water partition coefficient (Wildman–Crippen LogP) is 3.37. The van der Waals surface area contributed by atoms with Gasteiger partial charge in [0, 0.05) is 25.4 Å². The van der Waals surface area contributed by atoms with Gasteiger partial charge in [-0.25, -0.2) is 4.98 Å². The van der Waals surface area contributed by atoms with E-state index in [1.54, 1.807) is 11.8 Å². The monoisotopic (exact) mass is 342 g/mol. The second-order valence-corrected chi connectivity index (χ2v) is 6.45. The zero-order chi connectivity index (χ0) is 17.8. The van der Waals surface area contributed by atoms with Gasteiger partial charge in [0.25, 0.3) is 5.91 Å². The minimum atomic E-state index is -0.862. The van der Waals surface area contributed by atoms with Crippen LogP contribution in [0.15, 0.2) is 34.7 Å². The number of hydrogen-bond donors (Lipinski definition) is 1. The molecule has 25 heavy (non-hydrogen) atoms. The fourth-order valence-corrected chi connectivity index (χ4v) is 2.74. The van der Waals surface area contributed by atoms with Gasteiger partial charge in [0.2, 0.25) is 5.76 Å². The van der Waals surface area contributed by atoms with E-state index in [2.05, 4.69) is 4.98 Å². The summed E-state index contributed by atoms with van der Waals surface area (Å²) >= 11 is 0. The van der Waals surface area contributed by atoms with Crippen LogP contribution in [0.2, 0.25) is 0 Å². The second-order valence-electron chi connectivity index (χ2n) is 6.45. The lowest BCUT2D eigenvalue weighted by atomic mass is 10.2. The largest absolute Gasteiger partial charge is 0.481 e. The Hall–Kier alpha value is -2.63. The lowest BCUT2D eigenvalue weighted by molar-refractivity contribution is -0.137. The van der Waals surface area contributed by atoms with Crippen LogP contribution in [0.3, 0.4) is 0 Å². The smallest absolute Gasteiger partial charge is 0.303 e. The van der Waals surface area contributed by atoms with E-state index >= 15 is 0 Å². The summed E-state index contributed by atoms with van der Waals surface area (Å²) in [6, 6.07) is 9.64. The molecule has 0 unspecified atom stereocenters. The van der Waals surface area contributed by atoms with Crippen molar-refractivity contribution in [2.24, 2.45) is 0 Å². The molecule has 1 heterocycles. The maximum atomic E-state index is 12.9. The summed E-state index contributed by atoms with van der Waals surface area (Å²) in [6.07, 6.45) is 2.54. The Morgan fingerprint density at radius 1 is 1.28 bits per heavy atom. The van der Waals surface area contributed by atoms with Gasteiger partial charge in [0.1, 0.15) is 0 Å². The number of aryl methyl sites for hydroxylation is 1. The van der Waals surface area contributed by atoms with Crippen LogP contribution in [-0.4, -0.2) is 33.4 Å². The van der Waals surface area contributed by atoms with Crippen molar-refractivity contribution in [3.8, 4) is 0 Å². The average molecular weight is 342 g/mol. The van der Waals surface area contributed by atoms with Gasteiger partial charge in [-0.05, 0) is 31.7 Å². The van der Waals surface area contributed by atoms with Gasteiger partial charge >= 0.3 is 5.97 Å². The van der Waals surface area contributed by atoms with Gasteiger partial charge in [-0.1, -0.05) is 30.3 Å². The SMILES string of the molecule is Cc1nc(C2CC2)oc1C(=O)N(CCCC(=O)O)Cc1ccccc1. The van der Waals surface area contributed by atoms with Crippen LogP contribution in [0.25, 0.3) is 0 Å². The number of hydrogen-bond acceptors (Lipinski definition) is 4. The number of oxazole rings is 1. The number of rotatable bonds is 8. The molecule has 0 spiro atoms. The van der Waals surface area contributed by atoms with Gasteiger partial charge in [-0.15, -0.1) is 0 Å². The fraction of sp³-hybridized carbons (Fsp3) is 0.421. The number of aliphatic carboxylic acids is 1. The molecule has 132 valence electrons. The number of carboxylic acids is 1. The molecule has 1 aliphatic rings. The van der Waals surface area contributed by atoms with Crippen LogP contribution in [0.5, 0.6) is 0 Å². The molecule has 6 nitrogen and oxygen atoms in total. The standard InChI is InChI=1S/C19H22N2O4/c1-13-17(25-18(20-13)15-9-10-15)19(24)21(11-5-8-16(22)23)12-14-6-3-2-4-7-14/h2-4,6-7,15H,5,8-12H2,1H3,(H,22,23). The lowest BCUT2D eigenvalue weighted by Crippen LogP contribution is -2.32. The lowest BCUT2D eigenvalue weighted by Gasteiger charge is -2.21. The van der Waals surface area contributed by atoms with Crippen molar-refractivity contribution in [1.82, 2.24) is 9.88 Å². The van der Waals surface area contributed by atoms with E-state index in [4.69, 9.17) is 9.52 Å². The van der Waals surface area contributed by atoms with Crippen molar-refractivity contribution in [3.63, 3.8) is 0 Å². The van der Waals surface area contributed by atoms with Crippen LogP contribution < -0.4 is 0 Å². The van der Waals surface area contributed by atoms with Gasteiger partial charge in [-0.2, -0.15) is 0 Å². The molecule has 3 rings (SSSR count). The first-order chi connectivity index (χ1) is 12.0. The first-order valence-electron chi connectivity index (χ1n) is 8.57. The highest BCUT2D eigenvalue weighted by Gasteiger charge is 2.32. The number of amides is 1. The summed E-state index contributed by atoms with van der Waals surface area (Å²) in [5.74, 6) is 0.166. The average Bonchev–Trinajstić information content (AvgIpc) is 3.36. The molecule has 0 radical (unpaired) electrons. The molecule has 1 amide bonds. The van der Waals surface area contributed by atoms with Crippen LogP contribution >= 0.6 is 0 Å². The normalized spacial score (nSPS) is 13.6. The van der Waals surface area contributed by atoms with E-state index in [9.17, 15) is 9.59 Å². The molecule has 0 aliphatic heterocycles. The number of carboxylic acid groups (broad SMARTS) is 1. The van der Waals surface area contributed by atoms with Crippen molar-refractivity contribution in [1.29, 1.82) is 0 Å². The number of nitrogens with zero attached hydrogens (tertiary/aromatic N) is 2. The Labute approximate surface area is 146 Å². The van der Waals surface area contributed by atoms with Crippen molar-refractivity contribution in [2.45, 2.75) is 45.1 Å². The Morgan fingerprint density at radius 2 is 2.00 bits per heavy atom. The first-order valence-corrected chi connectivity index (χ1v) is 8.57. The minimum absolute atomic E-state index is 0.0290. The number of carbonyl (C=O) groups excluding carboxylic acids is 1. The molecule has 0 bridgehead atoms. The Bertz CT molecular complexity index is 750. The third-order valence-corrected chi connectivity index (χ3v) is 4.26. The maximum Gasteiger partial charge on any atom is 0.303 e. The topological polar surface area (TPSA) is 83.6 Å². The molecule has 1 aromatic carbocycles. The molecule has 1 N–H and O–H groups in total. The van der Waals surface area contributed by atoms with Crippen molar-refractivity contribution in [2.75, 3.05) is 6.54 Å². The molecule has 6 heteroatoms. The zero-order valence-electron chi connectivity index (χ0n) is 14.3. The number of benzene rings is 1. The summed E-state index contributed by atoms with van der Waals surface area (Å²) < 4.78 is 5.73. The summed E-state index contributed by atoms with van der Waals surface area (Å²) in [5, 5.41) is 8.86. The summed E-state index contributed by atoms with van der Waals surface area (Å²) in [4.78, 5) is 29.8. The van der Waals surface area contributed by atoms with Gasteiger partial charge in [-0.3, -0.25) is 9.59 Å². The van der Waals surface area contributed by atoms with E-state index in [0.717, 1.165) is 18.4 Å². The Morgan fingerprint density at radius 3 is 2.64 bits per heavy atom. The second kappa shape index (κ2) is 7.51. The highest BCUT2D eigenvalue weighted by Crippen LogP contribution is 2.40. The van der Waals surface area contributed by atoms with Gasteiger partial charge in [0.15, 0.2) is 5.89 Å². The third-order valence-electron chi connectivity index (χ3n) is 4.26. The van der Waals surface area contributed by atoms with Gasteiger partial charge < -0.3 is 14.4 Å². The van der Waals surface area contributed by atoms with Crippen LogP contribution in [0.4, 0.5) is 0 Å². The van der Waals surface area contributed by atoms with Crippen LogP contribution in [0.1, 0.15) is 59.3 Å². The van der Waals surface area contributed by atoms with E-state index in [1.807, 2.05) is 30.3 Å². The highest BCUT2D eigenvalue weighted by molar-refractivity contribution is 5.92. The zero-order valence-corrected chi connectivity index (χ0v) is 14.3. The number of aromatic nitrogens is 1. The summed E-state index contributed by atoms with van der Waals surface area (Å²) in [6.45, 7) is 2.55. The van der Waals surface area contributed by atoms with Crippen LogP contribution in [-0.2, 0) is 11.3 Å². The Kier molecular flexibility index (Phi) is 5.16.